The van der Waals surface area contributed by atoms with E-state index in [9.17, 15) is 4.39 Å². The van der Waals surface area contributed by atoms with E-state index in [2.05, 4.69) is 5.32 Å². The van der Waals surface area contributed by atoms with Gasteiger partial charge in [-0.05, 0) is 48.7 Å². The van der Waals surface area contributed by atoms with Crippen LogP contribution in [0.5, 0.6) is 0 Å². The Hall–Kier alpha value is -1.09. The van der Waals surface area contributed by atoms with Crippen molar-refractivity contribution in [2.24, 2.45) is 0 Å². The monoisotopic (exact) mass is 325 g/mol. The number of likely N-dealkylation sites (N-methyl/N-ethyl adjacent to an activating group) is 1. The molecule has 0 heterocycles. The number of benzene rings is 2. The fraction of sp³-hybridized carbons (Fsp3) is 0.294. The highest BCUT2D eigenvalue weighted by atomic mass is 35.5. The van der Waals surface area contributed by atoms with Crippen molar-refractivity contribution in [3.63, 3.8) is 0 Å². The van der Waals surface area contributed by atoms with E-state index in [1.807, 2.05) is 37.3 Å². The molecular formula is C17H18Cl2FN. The van der Waals surface area contributed by atoms with Gasteiger partial charge in [0.2, 0.25) is 0 Å². The third-order valence-corrected chi connectivity index (χ3v) is 4.18. The zero-order valence-electron chi connectivity index (χ0n) is 12.1. The van der Waals surface area contributed by atoms with Crippen LogP contribution >= 0.6 is 23.2 Å². The Balaban J connectivity index is 2.35. The predicted octanol–water partition coefficient (Wildman–Crippen LogP) is 5.33. The van der Waals surface area contributed by atoms with Crippen molar-refractivity contribution >= 4 is 23.2 Å². The lowest BCUT2D eigenvalue weighted by Gasteiger charge is -2.21. The van der Waals surface area contributed by atoms with Crippen LogP contribution in [-0.4, -0.2) is 6.54 Å². The van der Waals surface area contributed by atoms with Crippen LogP contribution in [0.1, 0.15) is 29.7 Å². The number of hydrogen-bond donors (Lipinski definition) is 1. The van der Waals surface area contributed by atoms with Crippen molar-refractivity contribution in [3.05, 3.63) is 69.0 Å². The quantitative estimate of drug-likeness (QED) is 0.782. The van der Waals surface area contributed by atoms with Gasteiger partial charge in [0.1, 0.15) is 5.82 Å². The lowest BCUT2D eigenvalue weighted by atomic mass is 9.97. The van der Waals surface area contributed by atoms with Gasteiger partial charge in [0.15, 0.2) is 0 Å². The number of aryl methyl sites for hydroxylation is 1. The molecule has 0 spiro atoms. The Kier molecular flexibility index (Phi) is 5.63. The first-order valence-corrected chi connectivity index (χ1v) is 7.70. The average molecular weight is 326 g/mol. The third-order valence-electron chi connectivity index (χ3n) is 3.49. The molecule has 2 aromatic rings. The normalized spacial score (nSPS) is 12.4. The molecule has 2 aromatic carbocycles. The van der Waals surface area contributed by atoms with Crippen molar-refractivity contribution in [1.82, 2.24) is 5.32 Å². The van der Waals surface area contributed by atoms with E-state index in [0.717, 1.165) is 22.7 Å². The van der Waals surface area contributed by atoms with Gasteiger partial charge in [-0.2, -0.15) is 0 Å². The minimum absolute atomic E-state index is 0.00157. The molecule has 1 atom stereocenters. The highest BCUT2D eigenvalue weighted by molar-refractivity contribution is 6.31. The first-order chi connectivity index (χ1) is 10.0. The molecule has 0 aliphatic rings. The Bertz CT molecular complexity index is 628. The Morgan fingerprint density at radius 1 is 1.14 bits per heavy atom. The molecule has 1 nitrogen and oxygen atoms in total. The molecule has 0 radical (unpaired) electrons. The zero-order valence-corrected chi connectivity index (χ0v) is 13.6. The first-order valence-electron chi connectivity index (χ1n) is 6.95. The van der Waals surface area contributed by atoms with E-state index in [0.29, 0.717) is 17.0 Å². The molecule has 4 heteroatoms. The van der Waals surface area contributed by atoms with E-state index in [4.69, 9.17) is 23.2 Å². The maximum Gasteiger partial charge on any atom is 0.127 e. The number of rotatable bonds is 5. The highest BCUT2D eigenvalue weighted by Crippen LogP contribution is 2.30. The second-order valence-electron chi connectivity index (χ2n) is 5.03. The predicted molar refractivity (Wildman–Crippen MR) is 87.7 cm³/mol. The van der Waals surface area contributed by atoms with Crippen LogP contribution in [0.25, 0.3) is 0 Å². The molecule has 0 bridgehead atoms. The summed E-state index contributed by atoms with van der Waals surface area (Å²) in [5, 5.41) is 4.57. The number of nitrogens with one attached hydrogen (secondary N) is 1. The molecule has 0 aromatic heterocycles. The minimum atomic E-state index is -0.281. The first kappa shape index (κ1) is 16.3. The molecule has 0 fully saturated rings. The molecular weight excluding hydrogens is 308 g/mol. The van der Waals surface area contributed by atoms with E-state index >= 15 is 0 Å². The maximum atomic E-state index is 13.6. The van der Waals surface area contributed by atoms with Gasteiger partial charge in [0, 0.05) is 16.1 Å². The third kappa shape index (κ3) is 3.97. The molecule has 0 aliphatic carbocycles. The second-order valence-corrected chi connectivity index (χ2v) is 5.84. The van der Waals surface area contributed by atoms with Gasteiger partial charge in [0.25, 0.3) is 0 Å². The summed E-state index contributed by atoms with van der Waals surface area (Å²) < 4.78 is 13.6. The van der Waals surface area contributed by atoms with Crippen molar-refractivity contribution in [2.75, 3.05) is 6.54 Å². The Morgan fingerprint density at radius 2 is 1.86 bits per heavy atom. The van der Waals surface area contributed by atoms with Crippen LogP contribution in [0, 0.1) is 12.7 Å². The standard InChI is InChI=1S/C17H18Cl2FN/c1-3-21-17(9-12-6-4-5-7-14(12)18)13-8-11(2)16(20)10-15(13)19/h4-8,10,17,21H,3,9H2,1-2H3. The summed E-state index contributed by atoms with van der Waals surface area (Å²) in [6, 6.07) is 10.9. The van der Waals surface area contributed by atoms with Crippen molar-refractivity contribution < 1.29 is 4.39 Å². The molecule has 0 amide bonds. The molecule has 0 saturated carbocycles. The highest BCUT2D eigenvalue weighted by Gasteiger charge is 2.17. The molecule has 0 saturated heterocycles. The van der Waals surface area contributed by atoms with Gasteiger partial charge in [-0.25, -0.2) is 4.39 Å². The molecule has 112 valence electrons. The summed E-state index contributed by atoms with van der Waals surface area (Å²) in [7, 11) is 0. The van der Waals surface area contributed by atoms with Crippen LogP contribution in [0.4, 0.5) is 4.39 Å². The summed E-state index contributed by atoms with van der Waals surface area (Å²) >= 11 is 12.5. The maximum absolute atomic E-state index is 13.6. The summed E-state index contributed by atoms with van der Waals surface area (Å²) in [5.74, 6) is -0.281. The number of hydrogen-bond acceptors (Lipinski definition) is 1. The molecule has 2 rings (SSSR count). The van der Waals surface area contributed by atoms with Crippen molar-refractivity contribution in [2.45, 2.75) is 26.3 Å². The SMILES string of the molecule is CCNC(Cc1ccccc1Cl)c1cc(C)c(F)cc1Cl. The van der Waals surface area contributed by atoms with E-state index in [-0.39, 0.29) is 11.9 Å². The van der Waals surface area contributed by atoms with Crippen LogP contribution in [-0.2, 0) is 6.42 Å². The topological polar surface area (TPSA) is 12.0 Å². The fourth-order valence-corrected chi connectivity index (χ4v) is 2.86. The molecule has 1 N–H and O–H groups in total. The van der Waals surface area contributed by atoms with Gasteiger partial charge in [-0.3, -0.25) is 0 Å². The summed E-state index contributed by atoms with van der Waals surface area (Å²) in [4.78, 5) is 0. The zero-order chi connectivity index (χ0) is 15.4. The number of halogens is 3. The summed E-state index contributed by atoms with van der Waals surface area (Å²) in [6.45, 7) is 4.57. The van der Waals surface area contributed by atoms with Crippen LogP contribution in [0.15, 0.2) is 36.4 Å². The lowest BCUT2D eigenvalue weighted by Crippen LogP contribution is -2.23. The Morgan fingerprint density at radius 3 is 2.52 bits per heavy atom. The van der Waals surface area contributed by atoms with Crippen LogP contribution in [0.2, 0.25) is 10.0 Å². The van der Waals surface area contributed by atoms with Gasteiger partial charge in [-0.15, -0.1) is 0 Å². The summed E-state index contributed by atoms with van der Waals surface area (Å²) in [6.07, 6.45) is 0.707. The van der Waals surface area contributed by atoms with Crippen molar-refractivity contribution in [1.29, 1.82) is 0 Å². The van der Waals surface area contributed by atoms with Crippen LogP contribution < -0.4 is 5.32 Å². The average Bonchev–Trinajstić information content (AvgIpc) is 2.45. The Labute approximate surface area is 135 Å². The smallest absolute Gasteiger partial charge is 0.127 e. The second kappa shape index (κ2) is 7.26. The van der Waals surface area contributed by atoms with Gasteiger partial charge >= 0.3 is 0 Å². The lowest BCUT2D eigenvalue weighted by molar-refractivity contribution is 0.546. The van der Waals surface area contributed by atoms with E-state index in [1.54, 1.807) is 6.92 Å². The fourth-order valence-electron chi connectivity index (χ4n) is 2.37. The molecule has 21 heavy (non-hydrogen) atoms. The minimum Gasteiger partial charge on any atom is -0.310 e. The molecule has 1 unspecified atom stereocenters. The van der Waals surface area contributed by atoms with Gasteiger partial charge in [-0.1, -0.05) is 54.4 Å². The van der Waals surface area contributed by atoms with Gasteiger partial charge < -0.3 is 5.32 Å². The van der Waals surface area contributed by atoms with Gasteiger partial charge in [0.05, 0.1) is 0 Å². The molecule has 0 aliphatic heterocycles. The van der Waals surface area contributed by atoms with E-state index in [1.165, 1.54) is 6.07 Å². The largest absolute Gasteiger partial charge is 0.310 e. The van der Waals surface area contributed by atoms with E-state index < -0.39 is 0 Å². The van der Waals surface area contributed by atoms with Crippen LogP contribution in [0.3, 0.4) is 0 Å². The summed E-state index contributed by atoms with van der Waals surface area (Å²) in [5.41, 5.74) is 2.54. The van der Waals surface area contributed by atoms with Crippen molar-refractivity contribution in [3.8, 4) is 0 Å².